The summed E-state index contributed by atoms with van der Waals surface area (Å²) in [5.74, 6) is 0.605. The zero-order valence-electron chi connectivity index (χ0n) is 12.9. The molecule has 0 saturated heterocycles. The molecule has 4 rings (SSSR count). The SMILES string of the molecule is Cc1cccc(-c2nnc3sc(-c4ccc(C(F)(F)F)cc4)nn23)c1. The number of alkyl halides is 3. The van der Waals surface area contributed by atoms with Crippen molar-refractivity contribution in [2.75, 3.05) is 0 Å². The summed E-state index contributed by atoms with van der Waals surface area (Å²) in [5, 5.41) is 13.3. The predicted octanol–water partition coefficient (Wildman–Crippen LogP) is 4.85. The Morgan fingerprint density at radius 3 is 2.40 bits per heavy atom. The standard InChI is InChI=1S/C17H11F3N4S/c1-10-3-2-4-12(9-10)14-21-22-16-24(14)23-15(25-16)11-5-7-13(8-6-11)17(18,19)20/h2-9H,1H3. The van der Waals surface area contributed by atoms with Gasteiger partial charge in [0.2, 0.25) is 4.96 Å². The van der Waals surface area contributed by atoms with Crippen LogP contribution < -0.4 is 0 Å². The van der Waals surface area contributed by atoms with E-state index in [1.807, 2.05) is 31.2 Å². The number of nitrogens with zero attached hydrogens (tertiary/aromatic N) is 4. The summed E-state index contributed by atoms with van der Waals surface area (Å²) >= 11 is 1.28. The van der Waals surface area contributed by atoms with E-state index in [2.05, 4.69) is 15.3 Å². The summed E-state index contributed by atoms with van der Waals surface area (Å²) in [6, 6.07) is 12.7. The van der Waals surface area contributed by atoms with Crippen LogP contribution in [0.1, 0.15) is 11.1 Å². The Balaban J connectivity index is 1.75. The van der Waals surface area contributed by atoms with Gasteiger partial charge in [0.15, 0.2) is 5.82 Å². The number of fused-ring (bicyclic) bond motifs is 1. The van der Waals surface area contributed by atoms with E-state index in [1.165, 1.54) is 23.5 Å². The fourth-order valence-corrected chi connectivity index (χ4v) is 3.34. The van der Waals surface area contributed by atoms with Crippen molar-refractivity contribution in [1.82, 2.24) is 19.8 Å². The number of hydrogen-bond donors (Lipinski definition) is 0. The quantitative estimate of drug-likeness (QED) is 0.513. The first-order valence-corrected chi connectivity index (χ1v) is 8.20. The van der Waals surface area contributed by atoms with Crippen LogP contribution in [0.25, 0.3) is 26.9 Å². The molecule has 0 aliphatic heterocycles. The molecule has 126 valence electrons. The molecule has 2 aromatic carbocycles. The molecule has 0 bridgehead atoms. The van der Waals surface area contributed by atoms with Crippen LogP contribution in [0.15, 0.2) is 48.5 Å². The Labute approximate surface area is 144 Å². The normalized spacial score (nSPS) is 12.0. The molecule has 8 heteroatoms. The molecule has 2 aromatic heterocycles. The molecule has 0 N–H and O–H groups in total. The lowest BCUT2D eigenvalue weighted by Gasteiger charge is -2.06. The molecule has 0 spiro atoms. The number of hydrogen-bond acceptors (Lipinski definition) is 4. The van der Waals surface area contributed by atoms with Gasteiger partial charge in [0.05, 0.1) is 5.56 Å². The summed E-state index contributed by atoms with van der Waals surface area (Å²) in [7, 11) is 0. The molecule has 2 heterocycles. The maximum Gasteiger partial charge on any atom is 0.416 e. The van der Waals surface area contributed by atoms with Gasteiger partial charge in [-0.3, -0.25) is 0 Å². The van der Waals surface area contributed by atoms with E-state index in [4.69, 9.17) is 0 Å². The summed E-state index contributed by atoms with van der Waals surface area (Å²) in [6.07, 6.45) is -4.35. The highest BCUT2D eigenvalue weighted by Crippen LogP contribution is 2.32. The summed E-state index contributed by atoms with van der Waals surface area (Å²) in [5.41, 5.74) is 1.91. The minimum absolute atomic E-state index is 0.589. The maximum atomic E-state index is 12.7. The van der Waals surface area contributed by atoms with Crippen molar-refractivity contribution in [1.29, 1.82) is 0 Å². The van der Waals surface area contributed by atoms with E-state index in [0.717, 1.165) is 23.3 Å². The van der Waals surface area contributed by atoms with Crippen LogP contribution >= 0.6 is 11.3 Å². The first kappa shape index (κ1) is 15.8. The molecule has 0 unspecified atom stereocenters. The molecule has 4 aromatic rings. The second-order valence-corrected chi connectivity index (χ2v) is 6.53. The van der Waals surface area contributed by atoms with Gasteiger partial charge in [-0.15, -0.1) is 10.2 Å². The molecule has 0 aliphatic carbocycles. The third kappa shape index (κ3) is 2.89. The van der Waals surface area contributed by atoms with Gasteiger partial charge in [0.1, 0.15) is 5.01 Å². The van der Waals surface area contributed by atoms with E-state index in [9.17, 15) is 13.2 Å². The first-order valence-electron chi connectivity index (χ1n) is 7.39. The Hall–Kier alpha value is -2.74. The average molecular weight is 360 g/mol. The number of rotatable bonds is 2. The van der Waals surface area contributed by atoms with E-state index in [-0.39, 0.29) is 0 Å². The van der Waals surface area contributed by atoms with E-state index < -0.39 is 11.7 Å². The molecule has 0 aliphatic rings. The second kappa shape index (κ2) is 5.66. The lowest BCUT2D eigenvalue weighted by atomic mass is 10.1. The lowest BCUT2D eigenvalue weighted by molar-refractivity contribution is -0.137. The molecular weight excluding hydrogens is 349 g/mol. The van der Waals surface area contributed by atoms with Gasteiger partial charge in [-0.2, -0.15) is 22.8 Å². The smallest absolute Gasteiger partial charge is 0.182 e. The van der Waals surface area contributed by atoms with Gasteiger partial charge in [-0.1, -0.05) is 47.2 Å². The van der Waals surface area contributed by atoms with Crippen LogP contribution in [0.5, 0.6) is 0 Å². The zero-order chi connectivity index (χ0) is 17.6. The second-order valence-electron chi connectivity index (χ2n) is 5.57. The van der Waals surface area contributed by atoms with Gasteiger partial charge in [-0.25, -0.2) is 0 Å². The van der Waals surface area contributed by atoms with Gasteiger partial charge in [0, 0.05) is 11.1 Å². The third-order valence-corrected chi connectivity index (χ3v) is 4.67. The highest BCUT2D eigenvalue weighted by atomic mass is 32.1. The lowest BCUT2D eigenvalue weighted by Crippen LogP contribution is -2.04. The van der Waals surface area contributed by atoms with Crippen LogP contribution in [0.3, 0.4) is 0 Å². The number of aromatic nitrogens is 4. The van der Waals surface area contributed by atoms with Gasteiger partial charge >= 0.3 is 6.18 Å². The monoisotopic (exact) mass is 360 g/mol. The molecule has 0 atom stereocenters. The molecule has 0 fully saturated rings. The van der Waals surface area contributed by atoms with E-state index in [1.54, 1.807) is 4.52 Å². The van der Waals surface area contributed by atoms with Crippen molar-refractivity contribution in [3.8, 4) is 22.0 Å². The van der Waals surface area contributed by atoms with Crippen molar-refractivity contribution < 1.29 is 13.2 Å². The molecule has 0 amide bonds. The third-order valence-electron chi connectivity index (χ3n) is 3.73. The number of benzene rings is 2. The van der Waals surface area contributed by atoms with Gasteiger partial charge in [0.25, 0.3) is 0 Å². The highest BCUT2D eigenvalue weighted by molar-refractivity contribution is 7.19. The molecular formula is C17H11F3N4S. The Morgan fingerprint density at radius 1 is 0.960 bits per heavy atom. The van der Waals surface area contributed by atoms with Gasteiger partial charge < -0.3 is 0 Å². The van der Waals surface area contributed by atoms with Crippen molar-refractivity contribution in [2.24, 2.45) is 0 Å². The zero-order valence-corrected chi connectivity index (χ0v) is 13.8. The van der Waals surface area contributed by atoms with Crippen LogP contribution in [0.2, 0.25) is 0 Å². The van der Waals surface area contributed by atoms with Crippen molar-refractivity contribution in [2.45, 2.75) is 13.1 Å². The topological polar surface area (TPSA) is 43.1 Å². The Morgan fingerprint density at radius 2 is 1.72 bits per heavy atom. The Bertz CT molecular complexity index is 1050. The fourth-order valence-electron chi connectivity index (χ4n) is 2.50. The van der Waals surface area contributed by atoms with E-state index in [0.29, 0.717) is 21.4 Å². The van der Waals surface area contributed by atoms with Crippen molar-refractivity contribution in [3.63, 3.8) is 0 Å². The first-order chi connectivity index (χ1) is 11.9. The van der Waals surface area contributed by atoms with Crippen LogP contribution in [0, 0.1) is 6.92 Å². The summed E-state index contributed by atoms with van der Waals surface area (Å²) < 4.78 is 39.7. The predicted molar refractivity (Wildman–Crippen MR) is 89.3 cm³/mol. The average Bonchev–Trinajstić information content (AvgIpc) is 3.14. The molecule has 0 saturated carbocycles. The minimum atomic E-state index is -4.35. The number of halogens is 3. The van der Waals surface area contributed by atoms with E-state index >= 15 is 0 Å². The van der Waals surface area contributed by atoms with Crippen LogP contribution in [-0.2, 0) is 6.18 Å². The maximum absolute atomic E-state index is 12.7. The summed E-state index contributed by atoms with van der Waals surface area (Å²) in [4.78, 5) is 0.589. The van der Waals surface area contributed by atoms with Crippen molar-refractivity contribution >= 4 is 16.3 Å². The summed E-state index contributed by atoms with van der Waals surface area (Å²) in [6.45, 7) is 1.98. The minimum Gasteiger partial charge on any atom is -0.182 e. The fraction of sp³-hybridized carbons (Fsp3) is 0.118. The van der Waals surface area contributed by atoms with Gasteiger partial charge in [-0.05, 0) is 25.1 Å². The molecule has 4 nitrogen and oxygen atoms in total. The Kier molecular flexibility index (Phi) is 3.57. The number of aryl methyl sites for hydroxylation is 1. The van der Waals surface area contributed by atoms with Crippen molar-refractivity contribution in [3.05, 3.63) is 59.7 Å². The largest absolute Gasteiger partial charge is 0.416 e. The van der Waals surface area contributed by atoms with Crippen LogP contribution in [-0.4, -0.2) is 19.8 Å². The van der Waals surface area contributed by atoms with Crippen LogP contribution in [0.4, 0.5) is 13.2 Å². The molecule has 25 heavy (non-hydrogen) atoms. The highest BCUT2D eigenvalue weighted by Gasteiger charge is 2.30. The molecule has 0 radical (unpaired) electrons.